The van der Waals surface area contributed by atoms with Crippen LogP contribution < -0.4 is 10.1 Å². The van der Waals surface area contributed by atoms with Crippen LogP contribution >= 0.6 is 0 Å². The lowest BCUT2D eigenvalue weighted by Gasteiger charge is -2.24. The van der Waals surface area contributed by atoms with Crippen LogP contribution in [0.15, 0.2) is 48.5 Å². The lowest BCUT2D eigenvalue weighted by molar-refractivity contribution is -0.122. The number of carbonyl (C=O) groups is 1. The SMILES string of the molecule is COc1cccc(C2CCCN2CC(=O)NCc2ccc(F)cc2)c1. The molecule has 1 N–H and O–H groups in total. The number of hydrogen-bond acceptors (Lipinski definition) is 3. The van der Waals surface area contributed by atoms with E-state index in [0.29, 0.717) is 13.1 Å². The van der Waals surface area contributed by atoms with Crippen LogP contribution in [0.2, 0.25) is 0 Å². The molecule has 1 aliphatic heterocycles. The number of hydrogen-bond donors (Lipinski definition) is 1. The van der Waals surface area contributed by atoms with Gasteiger partial charge >= 0.3 is 0 Å². The minimum absolute atomic E-state index is 0.0147. The molecular formula is C20H23FN2O2. The van der Waals surface area contributed by atoms with Gasteiger partial charge in [0.25, 0.3) is 0 Å². The van der Waals surface area contributed by atoms with E-state index in [9.17, 15) is 9.18 Å². The molecule has 3 rings (SSSR count). The topological polar surface area (TPSA) is 41.6 Å². The first kappa shape index (κ1) is 17.4. The Morgan fingerprint density at radius 3 is 2.84 bits per heavy atom. The summed E-state index contributed by atoms with van der Waals surface area (Å²) >= 11 is 0. The molecule has 1 amide bonds. The molecule has 1 atom stereocenters. The standard InChI is InChI=1S/C20H23FN2O2/c1-25-18-5-2-4-16(12-18)19-6-3-11-23(19)14-20(24)22-13-15-7-9-17(21)10-8-15/h2,4-5,7-10,12,19H,3,6,11,13-14H2,1H3,(H,22,24). The number of halogens is 1. The van der Waals surface area contributed by atoms with E-state index in [1.807, 2.05) is 18.2 Å². The molecule has 0 bridgehead atoms. The summed E-state index contributed by atoms with van der Waals surface area (Å²) in [7, 11) is 1.66. The lowest BCUT2D eigenvalue weighted by atomic mass is 10.0. The Kier molecular flexibility index (Phi) is 5.66. The molecule has 0 spiro atoms. The number of nitrogens with zero attached hydrogens (tertiary/aromatic N) is 1. The zero-order valence-electron chi connectivity index (χ0n) is 14.4. The van der Waals surface area contributed by atoms with E-state index in [4.69, 9.17) is 4.74 Å². The third kappa shape index (κ3) is 4.57. The average molecular weight is 342 g/mol. The molecule has 0 aliphatic carbocycles. The number of nitrogens with one attached hydrogen (secondary N) is 1. The minimum atomic E-state index is -0.270. The summed E-state index contributed by atoms with van der Waals surface area (Å²) in [6, 6.07) is 14.5. The highest BCUT2D eigenvalue weighted by Crippen LogP contribution is 2.32. The summed E-state index contributed by atoms with van der Waals surface area (Å²) < 4.78 is 18.2. The van der Waals surface area contributed by atoms with E-state index < -0.39 is 0 Å². The highest BCUT2D eigenvalue weighted by atomic mass is 19.1. The molecule has 1 aliphatic rings. The Labute approximate surface area is 147 Å². The number of likely N-dealkylation sites (tertiary alicyclic amines) is 1. The van der Waals surface area contributed by atoms with E-state index in [1.54, 1.807) is 19.2 Å². The summed E-state index contributed by atoms with van der Waals surface area (Å²) in [5.41, 5.74) is 2.07. The molecule has 0 radical (unpaired) electrons. The maximum Gasteiger partial charge on any atom is 0.234 e. The first-order valence-electron chi connectivity index (χ1n) is 8.55. The average Bonchev–Trinajstić information content (AvgIpc) is 3.09. The smallest absolute Gasteiger partial charge is 0.234 e. The van der Waals surface area contributed by atoms with Crippen LogP contribution in [0.25, 0.3) is 0 Å². The van der Waals surface area contributed by atoms with Crippen molar-refractivity contribution in [2.24, 2.45) is 0 Å². The van der Waals surface area contributed by atoms with Gasteiger partial charge in [-0.2, -0.15) is 0 Å². The van der Waals surface area contributed by atoms with Crippen molar-refractivity contribution in [1.82, 2.24) is 10.2 Å². The molecule has 25 heavy (non-hydrogen) atoms. The van der Waals surface area contributed by atoms with E-state index in [1.165, 1.54) is 17.7 Å². The molecular weight excluding hydrogens is 319 g/mol. The maximum atomic E-state index is 12.9. The normalized spacial score (nSPS) is 17.4. The van der Waals surface area contributed by atoms with Gasteiger partial charge in [-0.25, -0.2) is 4.39 Å². The molecule has 0 aromatic heterocycles. The van der Waals surface area contributed by atoms with Gasteiger partial charge in [0.2, 0.25) is 5.91 Å². The number of methoxy groups -OCH3 is 1. The highest BCUT2D eigenvalue weighted by molar-refractivity contribution is 5.78. The number of benzene rings is 2. The number of rotatable bonds is 6. The maximum absolute atomic E-state index is 12.9. The van der Waals surface area contributed by atoms with Gasteiger partial charge in [-0.1, -0.05) is 24.3 Å². The van der Waals surface area contributed by atoms with Crippen molar-refractivity contribution in [2.45, 2.75) is 25.4 Å². The molecule has 1 fully saturated rings. The van der Waals surface area contributed by atoms with E-state index in [0.717, 1.165) is 30.7 Å². The second kappa shape index (κ2) is 8.12. The third-order valence-electron chi connectivity index (χ3n) is 4.59. The molecule has 5 heteroatoms. The highest BCUT2D eigenvalue weighted by Gasteiger charge is 2.27. The van der Waals surface area contributed by atoms with Gasteiger partial charge in [0.05, 0.1) is 13.7 Å². The third-order valence-corrected chi connectivity index (χ3v) is 4.59. The number of carbonyl (C=O) groups excluding carboxylic acids is 1. The van der Waals surface area contributed by atoms with Crippen molar-refractivity contribution in [3.8, 4) is 5.75 Å². The van der Waals surface area contributed by atoms with Gasteiger partial charge in [-0.3, -0.25) is 9.69 Å². The van der Waals surface area contributed by atoms with Gasteiger partial charge < -0.3 is 10.1 Å². The Balaban J connectivity index is 1.57. The van der Waals surface area contributed by atoms with Gasteiger partial charge in [0.1, 0.15) is 11.6 Å². The monoisotopic (exact) mass is 342 g/mol. The summed E-state index contributed by atoms with van der Waals surface area (Å²) in [4.78, 5) is 14.5. The fourth-order valence-corrected chi connectivity index (χ4v) is 3.28. The number of ether oxygens (including phenoxy) is 1. The van der Waals surface area contributed by atoms with Crippen molar-refractivity contribution in [1.29, 1.82) is 0 Å². The molecule has 1 heterocycles. The van der Waals surface area contributed by atoms with Crippen LogP contribution in [-0.2, 0) is 11.3 Å². The largest absolute Gasteiger partial charge is 0.497 e. The van der Waals surface area contributed by atoms with E-state index >= 15 is 0 Å². The summed E-state index contributed by atoms with van der Waals surface area (Å²) in [6.45, 7) is 1.69. The van der Waals surface area contributed by atoms with Crippen LogP contribution in [0.1, 0.15) is 30.0 Å². The first-order valence-corrected chi connectivity index (χ1v) is 8.55. The van der Waals surface area contributed by atoms with Gasteiger partial charge in [0, 0.05) is 12.6 Å². The van der Waals surface area contributed by atoms with Crippen molar-refractivity contribution >= 4 is 5.91 Å². The zero-order chi connectivity index (χ0) is 17.6. The van der Waals surface area contributed by atoms with Crippen LogP contribution in [0, 0.1) is 5.82 Å². The number of amides is 1. The van der Waals surface area contributed by atoms with Crippen LogP contribution in [-0.4, -0.2) is 31.0 Å². The Hall–Kier alpha value is -2.40. The molecule has 0 saturated carbocycles. The minimum Gasteiger partial charge on any atom is -0.497 e. The van der Waals surface area contributed by atoms with Crippen LogP contribution in [0.3, 0.4) is 0 Å². The quantitative estimate of drug-likeness (QED) is 0.876. The van der Waals surface area contributed by atoms with Gasteiger partial charge in [0.15, 0.2) is 0 Å². The molecule has 1 saturated heterocycles. The lowest BCUT2D eigenvalue weighted by Crippen LogP contribution is -2.36. The van der Waals surface area contributed by atoms with Gasteiger partial charge in [-0.15, -0.1) is 0 Å². The van der Waals surface area contributed by atoms with Crippen molar-refractivity contribution in [2.75, 3.05) is 20.2 Å². The molecule has 2 aromatic carbocycles. The van der Waals surface area contributed by atoms with E-state index in [-0.39, 0.29) is 17.8 Å². The molecule has 4 nitrogen and oxygen atoms in total. The van der Waals surface area contributed by atoms with Crippen molar-refractivity contribution < 1.29 is 13.9 Å². The molecule has 2 aromatic rings. The van der Waals surface area contributed by atoms with Gasteiger partial charge in [-0.05, 0) is 54.8 Å². The second-order valence-electron chi connectivity index (χ2n) is 6.31. The molecule has 1 unspecified atom stereocenters. The fraction of sp³-hybridized carbons (Fsp3) is 0.350. The predicted molar refractivity (Wildman–Crippen MR) is 94.8 cm³/mol. The van der Waals surface area contributed by atoms with Crippen LogP contribution in [0.5, 0.6) is 5.75 Å². The van der Waals surface area contributed by atoms with Crippen LogP contribution in [0.4, 0.5) is 4.39 Å². The van der Waals surface area contributed by atoms with Crippen molar-refractivity contribution in [3.05, 3.63) is 65.5 Å². The zero-order valence-corrected chi connectivity index (χ0v) is 14.4. The second-order valence-corrected chi connectivity index (χ2v) is 6.31. The summed E-state index contributed by atoms with van der Waals surface area (Å²) in [5.74, 6) is 0.553. The summed E-state index contributed by atoms with van der Waals surface area (Å²) in [6.07, 6.45) is 2.12. The first-order chi connectivity index (χ1) is 12.2. The van der Waals surface area contributed by atoms with Crippen molar-refractivity contribution in [3.63, 3.8) is 0 Å². The van der Waals surface area contributed by atoms with E-state index in [2.05, 4.69) is 16.3 Å². The fourth-order valence-electron chi connectivity index (χ4n) is 3.28. The summed E-state index contributed by atoms with van der Waals surface area (Å²) in [5, 5.41) is 2.91. The Morgan fingerprint density at radius 2 is 2.08 bits per heavy atom. The molecule has 132 valence electrons. The predicted octanol–water partition coefficient (Wildman–Crippen LogP) is 3.29. The Morgan fingerprint density at radius 1 is 1.28 bits per heavy atom. The Bertz CT molecular complexity index is 718.